The number of aliphatic hydroxyl groups is 1. The van der Waals surface area contributed by atoms with Crippen LogP contribution in [0.5, 0.6) is 0 Å². The van der Waals surface area contributed by atoms with E-state index in [1.165, 1.54) is 11.3 Å². The van der Waals surface area contributed by atoms with Gasteiger partial charge in [-0.05, 0) is 52.2 Å². The van der Waals surface area contributed by atoms with E-state index in [1.54, 1.807) is 40.9 Å². The van der Waals surface area contributed by atoms with Crippen molar-refractivity contribution in [2.75, 3.05) is 12.4 Å². The van der Waals surface area contributed by atoms with Crippen molar-refractivity contribution in [3.05, 3.63) is 41.6 Å². The molecule has 1 aliphatic carbocycles. The summed E-state index contributed by atoms with van der Waals surface area (Å²) in [7, 11) is 1.71. The minimum Gasteiger partial charge on any atom is -0.391 e. The maximum atomic E-state index is 13.3. The predicted octanol–water partition coefficient (Wildman–Crippen LogP) is 3.49. The number of carbonyl (C=O) groups is 2. The van der Waals surface area contributed by atoms with E-state index in [-0.39, 0.29) is 17.9 Å². The molecule has 2 N–H and O–H groups in total. The number of hydrogen-bond acceptors (Lipinski definition) is 6. The number of aromatic nitrogens is 3. The summed E-state index contributed by atoms with van der Waals surface area (Å²) in [5.41, 5.74) is 0.982. The first kappa shape index (κ1) is 21.5. The van der Waals surface area contributed by atoms with Crippen LogP contribution < -0.4 is 5.32 Å². The van der Waals surface area contributed by atoms with Gasteiger partial charge >= 0.3 is 0 Å². The van der Waals surface area contributed by atoms with Crippen molar-refractivity contribution in [1.29, 1.82) is 0 Å². The highest BCUT2D eigenvalue weighted by atomic mass is 32.1. The van der Waals surface area contributed by atoms with Gasteiger partial charge in [-0.1, -0.05) is 29.5 Å². The molecule has 31 heavy (non-hydrogen) atoms. The van der Waals surface area contributed by atoms with Crippen LogP contribution in [-0.4, -0.2) is 55.8 Å². The van der Waals surface area contributed by atoms with Gasteiger partial charge in [0.15, 0.2) is 16.5 Å². The maximum absolute atomic E-state index is 13.3. The Morgan fingerprint density at radius 2 is 1.94 bits per heavy atom. The molecule has 0 radical (unpaired) electrons. The van der Waals surface area contributed by atoms with Crippen molar-refractivity contribution in [2.45, 2.75) is 57.7 Å². The van der Waals surface area contributed by atoms with Crippen molar-refractivity contribution >= 4 is 38.6 Å². The smallest absolute Gasteiger partial charge is 0.276 e. The number of amides is 2. The highest BCUT2D eigenvalue weighted by Gasteiger charge is 2.35. The molecule has 164 valence electrons. The average molecular weight is 442 g/mol. The molecule has 2 heterocycles. The first-order chi connectivity index (χ1) is 14.7. The van der Waals surface area contributed by atoms with Gasteiger partial charge in [0.05, 0.1) is 17.7 Å². The lowest BCUT2D eigenvalue weighted by atomic mass is 10.1. The number of fused-ring (bicyclic) bond motifs is 1. The molecule has 8 nitrogen and oxygen atoms in total. The molecule has 9 heteroatoms. The fraction of sp³-hybridized carbons (Fsp3) is 0.455. The van der Waals surface area contributed by atoms with Gasteiger partial charge < -0.3 is 10.0 Å². The molecule has 3 aromatic rings. The SMILES string of the molecule is CN(C(=O)c1nn(C(C)(C)C)c2nc(NC(=O)c3ccccc3)sc12)[C@@H]1CCC[C@H]1O. The van der Waals surface area contributed by atoms with E-state index in [0.29, 0.717) is 33.2 Å². The van der Waals surface area contributed by atoms with Crippen molar-refractivity contribution in [3.63, 3.8) is 0 Å². The summed E-state index contributed by atoms with van der Waals surface area (Å²) < 4.78 is 2.35. The number of likely N-dealkylation sites (N-methyl/N-ethyl adjacent to an activating group) is 1. The van der Waals surface area contributed by atoms with Gasteiger partial charge in [-0.3, -0.25) is 14.9 Å². The summed E-state index contributed by atoms with van der Waals surface area (Å²) in [6.07, 6.45) is 1.85. The van der Waals surface area contributed by atoms with Crippen LogP contribution in [0.1, 0.15) is 60.9 Å². The number of anilines is 1. The van der Waals surface area contributed by atoms with Gasteiger partial charge in [-0.2, -0.15) is 10.1 Å². The number of nitrogens with zero attached hydrogens (tertiary/aromatic N) is 4. The van der Waals surface area contributed by atoms with Crippen LogP contribution in [0.2, 0.25) is 0 Å². The topological polar surface area (TPSA) is 100 Å². The van der Waals surface area contributed by atoms with Gasteiger partial charge in [0.1, 0.15) is 4.70 Å². The van der Waals surface area contributed by atoms with Gasteiger partial charge in [-0.15, -0.1) is 0 Å². The highest BCUT2D eigenvalue weighted by Crippen LogP contribution is 2.34. The van der Waals surface area contributed by atoms with E-state index < -0.39 is 11.6 Å². The standard InChI is InChI=1S/C22H27N5O3S/c1-22(2,3)27-18-17(16(25-27)20(30)26(4)14-11-8-12-15(14)28)31-21(23-18)24-19(29)13-9-6-5-7-10-13/h5-7,9-10,14-15,28H,8,11-12H2,1-4H3,(H,23,24,29)/t14-,15-/m1/s1. The highest BCUT2D eigenvalue weighted by molar-refractivity contribution is 7.22. The monoisotopic (exact) mass is 441 g/mol. The van der Waals surface area contributed by atoms with E-state index in [1.807, 2.05) is 26.8 Å². The zero-order valence-corrected chi connectivity index (χ0v) is 18.9. The van der Waals surface area contributed by atoms with Crippen molar-refractivity contribution in [2.24, 2.45) is 0 Å². The Labute approximate surface area is 184 Å². The van der Waals surface area contributed by atoms with Gasteiger partial charge in [0.25, 0.3) is 11.8 Å². The normalized spacial score (nSPS) is 19.0. The van der Waals surface area contributed by atoms with Crippen LogP contribution in [0.3, 0.4) is 0 Å². The molecule has 0 saturated heterocycles. The number of hydrogen-bond donors (Lipinski definition) is 2. The molecule has 1 aromatic carbocycles. The first-order valence-electron chi connectivity index (χ1n) is 10.4. The molecule has 0 bridgehead atoms. The van der Waals surface area contributed by atoms with Gasteiger partial charge in [-0.25, -0.2) is 4.68 Å². The lowest BCUT2D eigenvalue weighted by molar-refractivity contribution is 0.0534. The van der Waals surface area contributed by atoms with E-state index in [9.17, 15) is 14.7 Å². The fourth-order valence-electron chi connectivity index (χ4n) is 3.91. The lowest BCUT2D eigenvalue weighted by Crippen LogP contribution is -2.42. The minimum absolute atomic E-state index is 0.215. The summed E-state index contributed by atoms with van der Waals surface area (Å²) >= 11 is 1.24. The van der Waals surface area contributed by atoms with E-state index in [2.05, 4.69) is 15.4 Å². The van der Waals surface area contributed by atoms with E-state index in [0.717, 1.165) is 12.8 Å². The van der Waals surface area contributed by atoms with E-state index in [4.69, 9.17) is 0 Å². The molecular weight excluding hydrogens is 414 g/mol. The quantitative estimate of drug-likeness (QED) is 0.646. The summed E-state index contributed by atoms with van der Waals surface area (Å²) in [6.45, 7) is 5.96. The second-order valence-electron chi connectivity index (χ2n) is 8.90. The molecule has 1 aliphatic rings. The Morgan fingerprint density at radius 1 is 1.23 bits per heavy atom. The Bertz CT molecular complexity index is 1120. The molecule has 2 amide bonds. The summed E-state index contributed by atoms with van der Waals surface area (Å²) in [5, 5.41) is 18.1. The molecule has 0 unspecified atom stereocenters. The van der Waals surface area contributed by atoms with Crippen LogP contribution in [0.15, 0.2) is 30.3 Å². The van der Waals surface area contributed by atoms with Crippen LogP contribution in [0, 0.1) is 0 Å². The largest absolute Gasteiger partial charge is 0.391 e. The molecule has 0 spiro atoms. The Kier molecular flexibility index (Phi) is 5.57. The predicted molar refractivity (Wildman–Crippen MR) is 121 cm³/mol. The third-order valence-corrected chi connectivity index (χ3v) is 6.55. The second-order valence-corrected chi connectivity index (χ2v) is 9.90. The molecule has 4 rings (SSSR count). The second kappa shape index (κ2) is 8.05. The average Bonchev–Trinajstić information content (AvgIpc) is 3.41. The van der Waals surface area contributed by atoms with Crippen LogP contribution in [-0.2, 0) is 5.54 Å². The molecule has 1 fully saturated rings. The van der Waals surface area contributed by atoms with Gasteiger partial charge in [0.2, 0.25) is 0 Å². The zero-order chi connectivity index (χ0) is 22.3. The molecule has 1 saturated carbocycles. The van der Waals surface area contributed by atoms with Crippen molar-refractivity contribution < 1.29 is 14.7 Å². The summed E-state index contributed by atoms with van der Waals surface area (Å²) in [4.78, 5) is 32.1. The first-order valence-corrected chi connectivity index (χ1v) is 11.2. The molecule has 2 aromatic heterocycles. The van der Waals surface area contributed by atoms with E-state index >= 15 is 0 Å². The van der Waals surface area contributed by atoms with Crippen molar-refractivity contribution in [1.82, 2.24) is 19.7 Å². The summed E-state index contributed by atoms with van der Waals surface area (Å²) in [6, 6.07) is 8.70. The van der Waals surface area contributed by atoms with Crippen LogP contribution in [0.4, 0.5) is 5.13 Å². The van der Waals surface area contributed by atoms with Crippen LogP contribution in [0.25, 0.3) is 10.3 Å². The minimum atomic E-state index is -0.517. The molecule has 0 aliphatic heterocycles. The maximum Gasteiger partial charge on any atom is 0.276 e. The number of thiazole rings is 1. The third kappa shape index (κ3) is 4.07. The zero-order valence-electron chi connectivity index (χ0n) is 18.1. The lowest BCUT2D eigenvalue weighted by Gasteiger charge is -2.26. The number of rotatable bonds is 4. The molecular formula is C22H27N5O3S. The van der Waals surface area contributed by atoms with Gasteiger partial charge in [0, 0.05) is 12.6 Å². The number of nitrogens with one attached hydrogen (secondary N) is 1. The molecule has 2 atom stereocenters. The number of aliphatic hydroxyl groups excluding tert-OH is 1. The Morgan fingerprint density at radius 3 is 2.55 bits per heavy atom. The Hall–Kier alpha value is -2.78. The van der Waals surface area contributed by atoms with Crippen LogP contribution >= 0.6 is 11.3 Å². The summed E-state index contributed by atoms with van der Waals surface area (Å²) in [5.74, 6) is -0.505. The Balaban J connectivity index is 1.70. The number of benzene rings is 1. The van der Waals surface area contributed by atoms with Crippen molar-refractivity contribution in [3.8, 4) is 0 Å². The fourth-order valence-corrected chi connectivity index (χ4v) is 4.83. The third-order valence-electron chi connectivity index (χ3n) is 5.58. The number of carbonyl (C=O) groups excluding carboxylic acids is 2.